The molecule has 2 aliphatic carbocycles. The zero-order chi connectivity index (χ0) is 37.9. The van der Waals surface area contributed by atoms with E-state index in [-0.39, 0.29) is 46.7 Å². The van der Waals surface area contributed by atoms with E-state index in [0.717, 1.165) is 49.7 Å². The highest BCUT2D eigenvalue weighted by Crippen LogP contribution is 2.38. The number of carbonyl (C=O) groups excluding carboxylic acids is 2. The van der Waals surface area contributed by atoms with Gasteiger partial charge >= 0.3 is 11.9 Å². The van der Waals surface area contributed by atoms with Gasteiger partial charge in [0.1, 0.15) is 47.0 Å². The Morgan fingerprint density at radius 2 is 0.981 bits per heavy atom. The maximum Gasteiger partial charge on any atom is 0.343 e. The van der Waals surface area contributed by atoms with Crippen LogP contribution in [-0.4, -0.2) is 46.8 Å². The molecule has 0 aliphatic heterocycles. The molecule has 0 heterocycles. The van der Waals surface area contributed by atoms with E-state index in [1.165, 1.54) is 26.3 Å². The fourth-order valence-electron chi connectivity index (χ4n) is 7.80. The number of carbonyl (C=O) groups is 2. The average Bonchev–Trinajstić information content (AvgIpc) is 3.09. The fraction of sp³-hybridized carbons (Fsp3) is 0.545. The van der Waals surface area contributed by atoms with E-state index in [4.69, 9.17) is 19.5 Å². The summed E-state index contributed by atoms with van der Waals surface area (Å²) in [4.78, 5) is 37.2. The molecule has 2 N–H and O–H groups in total. The van der Waals surface area contributed by atoms with Crippen LogP contribution in [-0.2, 0) is 19.1 Å². The first-order chi connectivity index (χ1) is 24.8. The molecular formula is C44H60N2O6. The van der Waals surface area contributed by atoms with Gasteiger partial charge in [-0.2, -0.15) is 0 Å². The quantitative estimate of drug-likeness (QED) is 0.0924. The van der Waals surface area contributed by atoms with E-state index in [0.29, 0.717) is 23.7 Å². The lowest BCUT2D eigenvalue weighted by Crippen LogP contribution is -2.36. The molecule has 4 rings (SSSR count). The molecule has 0 aromatic heterocycles. The highest BCUT2D eigenvalue weighted by molar-refractivity contribution is 6.10. The van der Waals surface area contributed by atoms with Gasteiger partial charge in [-0.1, -0.05) is 115 Å². The molecular weight excluding hydrogens is 652 g/mol. The minimum atomic E-state index is -0.680. The molecule has 0 spiro atoms. The van der Waals surface area contributed by atoms with E-state index in [1.807, 2.05) is 60.7 Å². The van der Waals surface area contributed by atoms with E-state index in [1.54, 1.807) is 0 Å². The molecule has 0 unspecified atom stereocenters. The number of aliphatic hydroxyl groups excluding tert-OH is 2. The predicted octanol–water partition coefficient (Wildman–Crippen LogP) is 10.3. The van der Waals surface area contributed by atoms with Gasteiger partial charge in [0.05, 0.1) is 0 Å². The molecule has 8 nitrogen and oxygen atoms in total. The second-order valence-electron chi connectivity index (χ2n) is 15.8. The monoisotopic (exact) mass is 712 g/mol. The first-order valence-electron chi connectivity index (χ1n) is 19.1. The van der Waals surface area contributed by atoms with Crippen LogP contribution in [0.3, 0.4) is 0 Å². The van der Waals surface area contributed by atoms with Crippen molar-refractivity contribution in [1.82, 2.24) is 0 Å². The highest BCUT2D eigenvalue weighted by atomic mass is 16.5. The molecule has 8 atom stereocenters. The van der Waals surface area contributed by atoms with Crippen LogP contribution in [0.4, 0.5) is 0 Å². The fourth-order valence-corrected chi connectivity index (χ4v) is 7.80. The lowest BCUT2D eigenvalue weighted by atomic mass is 9.75. The minimum absolute atomic E-state index is 0.0192. The maximum atomic E-state index is 13.7. The Labute approximate surface area is 311 Å². The van der Waals surface area contributed by atoms with Gasteiger partial charge in [0.25, 0.3) is 0 Å². The molecule has 2 fully saturated rings. The van der Waals surface area contributed by atoms with Crippen LogP contribution in [0.2, 0.25) is 0 Å². The molecule has 0 saturated heterocycles. The van der Waals surface area contributed by atoms with Crippen LogP contribution < -0.4 is 0 Å². The van der Waals surface area contributed by atoms with Gasteiger partial charge in [0.2, 0.25) is 0 Å². The Bertz CT molecular complexity index is 1470. The number of hydrogen-bond donors (Lipinski definition) is 2. The lowest BCUT2D eigenvalue weighted by molar-refractivity contribution is -0.151. The number of allylic oxidation sites excluding steroid dienone is 2. The number of nitrogens with zero attached hydrogens (tertiary/aromatic N) is 2. The van der Waals surface area contributed by atoms with Crippen molar-refractivity contribution < 1.29 is 29.3 Å². The molecule has 0 bridgehead atoms. The third kappa shape index (κ3) is 10.9. The van der Waals surface area contributed by atoms with Gasteiger partial charge in [-0.05, 0) is 86.2 Å². The van der Waals surface area contributed by atoms with Gasteiger partial charge in [0, 0.05) is 12.4 Å². The van der Waals surface area contributed by atoms with Gasteiger partial charge in [-0.15, -0.1) is 0 Å². The molecule has 2 aliphatic rings. The van der Waals surface area contributed by atoms with Crippen molar-refractivity contribution in [2.45, 2.75) is 118 Å². The molecule has 8 heteroatoms. The number of aliphatic hydroxyl groups is 2. The van der Waals surface area contributed by atoms with E-state index in [9.17, 15) is 19.8 Å². The Morgan fingerprint density at radius 3 is 1.29 bits per heavy atom. The molecule has 282 valence electrons. The summed E-state index contributed by atoms with van der Waals surface area (Å²) in [6.45, 7) is 15.9. The smallest absolute Gasteiger partial charge is 0.343 e. The third-order valence-electron chi connectivity index (χ3n) is 11.0. The van der Waals surface area contributed by atoms with Crippen molar-refractivity contribution in [3.05, 3.63) is 94.5 Å². The Hall–Kier alpha value is -4.20. The van der Waals surface area contributed by atoms with Gasteiger partial charge in [-0.25, -0.2) is 9.59 Å². The Kier molecular flexibility index (Phi) is 14.9. The average molecular weight is 713 g/mol. The highest BCUT2D eigenvalue weighted by Gasteiger charge is 2.36. The van der Waals surface area contributed by atoms with Crippen molar-refractivity contribution in [3.8, 4) is 0 Å². The molecule has 0 amide bonds. The zero-order valence-electron chi connectivity index (χ0n) is 32.4. The summed E-state index contributed by atoms with van der Waals surface area (Å²) in [5, 5.41) is 21.5. The number of aliphatic imine (C=N–C) groups is 2. The summed E-state index contributed by atoms with van der Waals surface area (Å²) in [5.74, 6) is 0.486. The molecule has 52 heavy (non-hydrogen) atoms. The SMILES string of the molecule is C/C(O)=C(/C=N[C@@H](c1ccccc1)[C@@H](N=C/C(C(=O)O[C@H]1C[C@@H](C)CC[C@@H]1C(C)C)=C(/C)O)c1ccccc1)C(=O)O[C@H]1C[C@@H](C)CC[C@@H]1C(C)C. The summed E-state index contributed by atoms with van der Waals surface area (Å²) in [6, 6.07) is 17.8. The van der Waals surface area contributed by atoms with E-state index >= 15 is 0 Å². The van der Waals surface area contributed by atoms with E-state index < -0.39 is 24.0 Å². The standard InChI is InChI=1S/C44H60N2O6/c1-27(2)35-21-19-29(5)23-39(35)51-43(49)37(31(7)47)25-45-41(33-15-11-9-12-16-33)42(34-17-13-10-14-18-34)46-26-38(32(8)48)44(50)52-40-24-30(6)20-22-36(40)28(3)4/h9-18,25-30,35-36,39-42,47-48H,19-24H2,1-8H3/b37-31+,38-32+,45-25?,46-26?/t29-,30-,35+,36+,39-,40-,41-,42-/m0/s1. The van der Waals surface area contributed by atoms with Crippen LogP contribution in [0.5, 0.6) is 0 Å². The second-order valence-corrected chi connectivity index (χ2v) is 15.8. The van der Waals surface area contributed by atoms with Crippen molar-refractivity contribution in [2.24, 2.45) is 45.5 Å². The number of rotatable bonds is 13. The molecule has 2 saturated carbocycles. The lowest BCUT2D eigenvalue weighted by Gasteiger charge is -2.36. The van der Waals surface area contributed by atoms with Crippen LogP contribution in [0.15, 0.2) is 93.3 Å². The number of hydrogen-bond acceptors (Lipinski definition) is 8. The topological polar surface area (TPSA) is 118 Å². The van der Waals surface area contributed by atoms with Crippen LogP contribution in [0.25, 0.3) is 0 Å². The number of ether oxygens (including phenoxy) is 2. The van der Waals surface area contributed by atoms with Crippen molar-refractivity contribution in [3.63, 3.8) is 0 Å². The largest absolute Gasteiger partial charge is 0.512 e. The summed E-state index contributed by atoms with van der Waals surface area (Å²) in [7, 11) is 0. The number of benzene rings is 2. The second kappa shape index (κ2) is 19.0. The van der Waals surface area contributed by atoms with E-state index in [2.05, 4.69) is 41.5 Å². The summed E-state index contributed by atoms with van der Waals surface area (Å²) >= 11 is 0. The normalized spacial score (nSPS) is 26.2. The van der Waals surface area contributed by atoms with Gasteiger partial charge in [-0.3, -0.25) is 9.98 Å². The van der Waals surface area contributed by atoms with Crippen molar-refractivity contribution >= 4 is 24.4 Å². The van der Waals surface area contributed by atoms with Crippen LogP contribution >= 0.6 is 0 Å². The first kappa shape index (κ1) is 40.6. The summed E-state index contributed by atoms with van der Waals surface area (Å²) in [5.41, 5.74) is 1.57. The third-order valence-corrected chi connectivity index (χ3v) is 11.0. The van der Waals surface area contributed by atoms with Gasteiger partial charge in [0.15, 0.2) is 0 Å². The van der Waals surface area contributed by atoms with Crippen LogP contribution in [0, 0.1) is 35.5 Å². The first-order valence-corrected chi connectivity index (χ1v) is 19.1. The maximum absolute atomic E-state index is 13.7. The van der Waals surface area contributed by atoms with Crippen molar-refractivity contribution in [2.75, 3.05) is 0 Å². The summed E-state index contributed by atoms with van der Waals surface area (Å²) in [6.07, 6.45) is 8.02. The minimum Gasteiger partial charge on any atom is -0.512 e. The summed E-state index contributed by atoms with van der Waals surface area (Å²) < 4.78 is 12.2. The Balaban J connectivity index is 1.69. The molecule has 2 aromatic rings. The Morgan fingerprint density at radius 1 is 0.635 bits per heavy atom. The van der Waals surface area contributed by atoms with Gasteiger partial charge < -0.3 is 19.7 Å². The zero-order valence-corrected chi connectivity index (χ0v) is 32.4. The molecule has 2 aromatic carbocycles. The number of esters is 2. The molecule has 0 radical (unpaired) electrons. The van der Waals surface area contributed by atoms with Crippen LogP contribution in [0.1, 0.15) is 117 Å². The van der Waals surface area contributed by atoms with Crippen molar-refractivity contribution in [1.29, 1.82) is 0 Å². The predicted molar refractivity (Wildman–Crippen MR) is 208 cm³/mol.